The molecule has 100 valence electrons. The molecule has 0 aliphatic heterocycles. The first-order chi connectivity index (χ1) is 7.64. The molecule has 0 bridgehead atoms. The van der Waals surface area contributed by atoms with Crippen LogP contribution < -0.4 is 4.72 Å². The summed E-state index contributed by atoms with van der Waals surface area (Å²) in [6.45, 7) is 5.13. The minimum absolute atomic E-state index is 0.424. The van der Waals surface area contributed by atoms with E-state index in [1.54, 1.807) is 20.8 Å². The van der Waals surface area contributed by atoms with E-state index in [4.69, 9.17) is 5.11 Å². The lowest BCUT2D eigenvalue weighted by Gasteiger charge is -2.28. The third-order valence-electron chi connectivity index (χ3n) is 3.14. The monoisotopic (exact) mass is 263 g/mol. The molecule has 0 heterocycles. The summed E-state index contributed by atoms with van der Waals surface area (Å²) in [5, 5.41) is 8.66. The first-order valence-corrected chi connectivity index (χ1v) is 7.43. The number of aliphatic carboxylic acids is 1. The van der Waals surface area contributed by atoms with E-state index in [-0.39, 0.29) is 0 Å². The predicted octanol–water partition coefficient (Wildman–Crippen LogP) is 1.35. The molecular formula is C11H21NO4S. The molecule has 0 aromatic heterocycles. The van der Waals surface area contributed by atoms with E-state index >= 15 is 0 Å². The molecule has 0 unspecified atom stereocenters. The quantitative estimate of drug-likeness (QED) is 0.802. The van der Waals surface area contributed by atoms with Gasteiger partial charge in [-0.2, -0.15) is 0 Å². The fourth-order valence-corrected chi connectivity index (χ4v) is 3.99. The molecule has 0 aromatic carbocycles. The highest BCUT2D eigenvalue weighted by Gasteiger charge is 2.38. The van der Waals surface area contributed by atoms with Crippen LogP contribution in [0.3, 0.4) is 0 Å². The molecule has 1 fully saturated rings. The van der Waals surface area contributed by atoms with Crippen LogP contribution in [-0.2, 0) is 14.8 Å². The lowest BCUT2D eigenvalue weighted by molar-refractivity contribution is -0.141. The maximum absolute atomic E-state index is 12.0. The highest BCUT2D eigenvalue weighted by atomic mass is 32.2. The lowest BCUT2D eigenvalue weighted by Crippen LogP contribution is -2.51. The third kappa shape index (κ3) is 3.67. The van der Waals surface area contributed by atoms with Crippen molar-refractivity contribution in [3.63, 3.8) is 0 Å². The summed E-state index contributed by atoms with van der Waals surface area (Å²) < 4.78 is 26.4. The van der Waals surface area contributed by atoms with Gasteiger partial charge >= 0.3 is 5.97 Å². The second kappa shape index (κ2) is 4.94. The van der Waals surface area contributed by atoms with E-state index in [1.807, 2.05) is 0 Å². The van der Waals surface area contributed by atoms with Gasteiger partial charge in [-0.1, -0.05) is 33.6 Å². The topological polar surface area (TPSA) is 83.5 Å². The largest absolute Gasteiger partial charge is 0.480 e. The Morgan fingerprint density at radius 1 is 1.29 bits per heavy atom. The third-order valence-corrected chi connectivity index (χ3v) is 5.05. The Kier molecular flexibility index (Phi) is 4.19. The van der Waals surface area contributed by atoms with Crippen molar-refractivity contribution in [3.05, 3.63) is 0 Å². The van der Waals surface area contributed by atoms with Crippen LogP contribution in [0.5, 0.6) is 0 Å². The van der Waals surface area contributed by atoms with Crippen molar-refractivity contribution >= 4 is 16.0 Å². The first-order valence-electron chi connectivity index (χ1n) is 5.88. The van der Waals surface area contributed by atoms with E-state index in [0.29, 0.717) is 12.8 Å². The maximum Gasteiger partial charge on any atom is 0.322 e. The molecule has 1 aliphatic carbocycles. The van der Waals surface area contributed by atoms with Gasteiger partial charge in [-0.3, -0.25) is 4.79 Å². The lowest BCUT2D eigenvalue weighted by atomic mass is 9.88. The van der Waals surface area contributed by atoms with Crippen molar-refractivity contribution in [1.82, 2.24) is 4.72 Å². The van der Waals surface area contributed by atoms with E-state index < -0.39 is 32.7 Å². The number of carboxylic acid groups (broad SMARTS) is 1. The van der Waals surface area contributed by atoms with Gasteiger partial charge in [0.1, 0.15) is 6.04 Å². The fraction of sp³-hybridized carbons (Fsp3) is 0.909. The van der Waals surface area contributed by atoms with Crippen LogP contribution >= 0.6 is 0 Å². The Morgan fingerprint density at radius 3 is 2.12 bits per heavy atom. The van der Waals surface area contributed by atoms with Crippen molar-refractivity contribution in [3.8, 4) is 0 Å². The highest BCUT2D eigenvalue weighted by molar-refractivity contribution is 7.90. The van der Waals surface area contributed by atoms with Crippen LogP contribution in [0.25, 0.3) is 0 Å². The van der Waals surface area contributed by atoms with Gasteiger partial charge in [0.15, 0.2) is 0 Å². The Hall–Kier alpha value is -0.620. The smallest absolute Gasteiger partial charge is 0.322 e. The molecule has 0 saturated heterocycles. The molecule has 0 radical (unpaired) electrons. The van der Waals surface area contributed by atoms with Crippen molar-refractivity contribution in [2.24, 2.45) is 5.41 Å². The zero-order chi connectivity index (χ0) is 13.3. The van der Waals surface area contributed by atoms with Crippen LogP contribution in [0.2, 0.25) is 0 Å². The molecule has 5 nitrogen and oxygen atoms in total. The highest BCUT2D eigenvalue weighted by Crippen LogP contribution is 2.26. The SMILES string of the molecule is CC(C)(C)[C@@H](NS(=O)(=O)C1CCCC1)C(=O)O. The molecule has 1 rings (SSSR count). The molecule has 1 aliphatic rings. The molecule has 0 amide bonds. The Labute approximate surface area is 103 Å². The molecule has 17 heavy (non-hydrogen) atoms. The fourth-order valence-electron chi connectivity index (χ4n) is 2.06. The standard InChI is InChI=1S/C11H21NO4S/c1-11(2,3)9(10(13)14)12-17(15,16)8-6-4-5-7-8/h8-9,12H,4-7H2,1-3H3,(H,13,14)/t9-/m0/s1. The molecule has 1 saturated carbocycles. The van der Waals surface area contributed by atoms with Crippen LogP contribution in [0.15, 0.2) is 0 Å². The van der Waals surface area contributed by atoms with Gasteiger partial charge in [-0.05, 0) is 18.3 Å². The van der Waals surface area contributed by atoms with Crippen LogP contribution in [0.4, 0.5) is 0 Å². The van der Waals surface area contributed by atoms with E-state index in [0.717, 1.165) is 12.8 Å². The normalized spacial score (nSPS) is 20.4. The summed E-state index contributed by atoms with van der Waals surface area (Å²) in [5.74, 6) is -1.13. The van der Waals surface area contributed by atoms with Crippen molar-refractivity contribution in [1.29, 1.82) is 0 Å². The van der Waals surface area contributed by atoms with Gasteiger partial charge in [0, 0.05) is 0 Å². The maximum atomic E-state index is 12.0. The number of carbonyl (C=O) groups is 1. The summed E-state index contributed by atoms with van der Waals surface area (Å²) >= 11 is 0. The molecule has 1 atom stereocenters. The van der Waals surface area contributed by atoms with Gasteiger partial charge in [0.05, 0.1) is 5.25 Å². The molecular weight excluding hydrogens is 242 g/mol. The van der Waals surface area contributed by atoms with Gasteiger partial charge in [0.25, 0.3) is 0 Å². The zero-order valence-electron chi connectivity index (χ0n) is 10.6. The van der Waals surface area contributed by atoms with Crippen LogP contribution in [0.1, 0.15) is 46.5 Å². The number of carboxylic acids is 1. The molecule has 0 aromatic rings. The predicted molar refractivity (Wildman–Crippen MR) is 65.2 cm³/mol. The molecule has 2 N–H and O–H groups in total. The number of nitrogens with one attached hydrogen (secondary N) is 1. The summed E-state index contributed by atoms with van der Waals surface area (Å²) in [5.41, 5.74) is -0.641. The summed E-state index contributed by atoms with van der Waals surface area (Å²) in [6, 6.07) is -1.08. The average molecular weight is 263 g/mol. The Bertz CT molecular complexity index is 377. The van der Waals surface area contributed by atoms with Crippen LogP contribution in [0, 0.1) is 5.41 Å². The number of sulfonamides is 1. The minimum Gasteiger partial charge on any atom is -0.480 e. The average Bonchev–Trinajstić information content (AvgIpc) is 2.65. The second-order valence-corrected chi connectivity index (χ2v) is 7.70. The second-order valence-electron chi connectivity index (χ2n) is 5.71. The summed E-state index contributed by atoms with van der Waals surface area (Å²) in [4.78, 5) is 11.1. The first kappa shape index (κ1) is 14.4. The molecule has 0 spiro atoms. The number of hydrogen-bond acceptors (Lipinski definition) is 3. The zero-order valence-corrected chi connectivity index (χ0v) is 11.4. The minimum atomic E-state index is -3.52. The van der Waals surface area contributed by atoms with Gasteiger partial charge in [-0.25, -0.2) is 13.1 Å². The van der Waals surface area contributed by atoms with Gasteiger partial charge in [-0.15, -0.1) is 0 Å². The van der Waals surface area contributed by atoms with Crippen molar-refractivity contribution in [2.75, 3.05) is 0 Å². The number of rotatable bonds is 4. The Morgan fingerprint density at radius 2 is 1.76 bits per heavy atom. The van der Waals surface area contributed by atoms with Gasteiger partial charge < -0.3 is 5.11 Å². The number of hydrogen-bond donors (Lipinski definition) is 2. The van der Waals surface area contributed by atoms with Crippen LogP contribution in [-0.4, -0.2) is 30.8 Å². The summed E-state index contributed by atoms with van der Waals surface area (Å²) in [6.07, 6.45) is 3.06. The van der Waals surface area contributed by atoms with Gasteiger partial charge in [0.2, 0.25) is 10.0 Å². The molecule has 6 heteroatoms. The van der Waals surface area contributed by atoms with E-state index in [2.05, 4.69) is 4.72 Å². The van der Waals surface area contributed by atoms with Crippen molar-refractivity contribution < 1.29 is 18.3 Å². The van der Waals surface area contributed by atoms with E-state index in [9.17, 15) is 13.2 Å². The van der Waals surface area contributed by atoms with Crippen molar-refractivity contribution in [2.45, 2.75) is 57.7 Å². The van der Waals surface area contributed by atoms with E-state index in [1.165, 1.54) is 0 Å². The Balaban J connectivity index is 2.83. The summed E-state index contributed by atoms with van der Waals surface area (Å²) in [7, 11) is -3.52.